The lowest BCUT2D eigenvalue weighted by atomic mass is 10.1. The zero-order valence-corrected chi connectivity index (χ0v) is 19.7. The van der Waals surface area contributed by atoms with Crippen LogP contribution < -0.4 is 0 Å². The Balaban J connectivity index is 1.33. The predicted octanol–water partition coefficient (Wildman–Crippen LogP) is 4.31. The summed E-state index contributed by atoms with van der Waals surface area (Å²) in [6.45, 7) is 1.40. The molecular weight excluding hydrogens is 448 g/mol. The number of nitrogens with zero attached hydrogens (tertiary/aromatic N) is 2. The van der Waals surface area contributed by atoms with E-state index >= 15 is 0 Å². The number of carbonyl (C=O) groups excluding carboxylic acids is 1. The van der Waals surface area contributed by atoms with Crippen molar-refractivity contribution in [3.8, 4) is 0 Å². The van der Waals surface area contributed by atoms with Crippen LogP contribution in [0.3, 0.4) is 0 Å². The van der Waals surface area contributed by atoms with Crippen molar-refractivity contribution < 1.29 is 13.2 Å². The first-order chi connectivity index (χ1) is 15.0. The third kappa shape index (κ3) is 5.74. The van der Waals surface area contributed by atoms with E-state index < -0.39 is 10.0 Å². The van der Waals surface area contributed by atoms with Gasteiger partial charge in [-0.2, -0.15) is 4.31 Å². The maximum Gasteiger partial charge on any atom is 0.253 e. The van der Waals surface area contributed by atoms with Crippen molar-refractivity contribution in [3.05, 3.63) is 76.7 Å². The molecule has 0 aliphatic carbocycles. The molecule has 1 amide bonds. The molecule has 164 valence electrons. The fraction of sp³-hybridized carbons (Fsp3) is 0.348. The van der Waals surface area contributed by atoms with Gasteiger partial charge in [-0.25, -0.2) is 8.42 Å². The van der Waals surface area contributed by atoms with Crippen LogP contribution in [0.25, 0.3) is 6.08 Å². The summed E-state index contributed by atoms with van der Waals surface area (Å²) in [5.74, 6) is 2.34. The van der Waals surface area contributed by atoms with Crippen molar-refractivity contribution in [2.45, 2.75) is 11.0 Å². The van der Waals surface area contributed by atoms with Gasteiger partial charge in [0.1, 0.15) is 0 Å². The standard InChI is InChI=1S/C23H26N2O3S3/c26-22(20-7-9-21(10-8-20)23-29-16-4-17-30-23)24-12-14-25(15-13-24)31(27,28)18-11-19-5-2-1-3-6-19/h1-3,5-11,18,23H,4,12-17H2/b18-11+. The number of hydrogen-bond donors (Lipinski definition) is 0. The van der Waals surface area contributed by atoms with E-state index in [1.807, 2.05) is 66.0 Å². The van der Waals surface area contributed by atoms with E-state index in [9.17, 15) is 13.2 Å². The van der Waals surface area contributed by atoms with Crippen molar-refractivity contribution in [2.75, 3.05) is 37.7 Å². The molecule has 2 aromatic carbocycles. The Morgan fingerprint density at radius 1 is 0.903 bits per heavy atom. The number of sulfonamides is 1. The molecule has 2 aliphatic heterocycles. The average molecular weight is 475 g/mol. The first-order valence-electron chi connectivity index (χ1n) is 10.4. The van der Waals surface area contributed by atoms with E-state index in [1.54, 1.807) is 11.0 Å². The lowest BCUT2D eigenvalue weighted by Crippen LogP contribution is -2.50. The molecule has 2 heterocycles. The SMILES string of the molecule is O=C(c1ccc(C2SCCCS2)cc1)N1CCN(S(=O)(=O)/C=C/c2ccccc2)CC1. The van der Waals surface area contributed by atoms with E-state index in [1.165, 1.54) is 33.2 Å². The number of piperazine rings is 1. The Hall–Kier alpha value is -1.74. The first-order valence-corrected chi connectivity index (χ1v) is 14.0. The van der Waals surface area contributed by atoms with Crippen molar-refractivity contribution in [1.82, 2.24) is 9.21 Å². The molecule has 0 bridgehead atoms. The third-order valence-corrected chi connectivity index (χ3v) is 9.95. The molecule has 0 aromatic heterocycles. The second kappa shape index (κ2) is 10.3. The number of amides is 1. The van der Waals surface area contributed by atoms with E-state index in [2.05, 4.69) is 12.1 Å². The van der Waals surface area contributed by atoms with Crippen LogP contribution in [0.1, 0.15) is 32.5 Å². The highest BCUT2D eigenvalue weighted by Gasteiger charge is 2.28. The smallest absolute Gasteiger partial charge is 0.253 e. The molecule has 2 fully saturated rings. The number of rotatable bonds is 5. The molecular formula is C23H26N2O3S3. The molecule has 31 heavy (non-hydrogen) atoms. The summed E-state index contributed by atoms with van der Waals surface area (Å²) >= 11 is 3.93. The summed E-state index contributed by atoms with van der Waals surface area (Å²) in [6, 6.07) is 17.3. The normalized spacial score (nSPS) is 19.0. The minimum absolute atomic E-state index is 0.0348. The maximum absolute atomic E-state index is 12.9. The van der Waals surface area contributed by atoms with Crippen molar-refractivity contribution >= 4 is 45.5 Å². The summed E-state index contributed by atoms with van der Waals surface area (Å²) in [4.78, 5) is 14.6. The maximum atomic E-state index is 12.9. The molecule has 0 radical (unpaired) electrons. The third-order valence-electron chi connectivity index (χ3n) is 5.37. The molecule has 2 saturated heterocycles. The monoisotopic (exact) mass is 474 g/mol. The minimum atomic E-state index is -3.50. The van der Waals surface area contributed by atoms with Gasteiger partial charge in [0.15, 0.2) is 0 Å². The molecule has 5 nitrogen and oxygen atoms in total. The molecule has 4 rings (SSSR count). The van der Waals surface area contributed by atoms with Crippen molar-refractivity contribution in [2.24, 2.45) is 0 Å². The molecule has 0 spiro atoms. The Labute approximate surface area is 192 Å². The van der Waals surface area contributed by atoms with Gasteiger partial charge in [0.2, 0.25) is 10.0 Å². The Morgan fingerprint density at radius 3 is 2.19 bits per heavy atom. The van der Waals surface area contributed by atoms with Crippen LogP contribution in [0, 0.1) is 0 Å². The molecule has 0 atom stereocenters. The number of hydrogen-bond acceptors (Lipinski definition) is 5. The number of benzene rings is 2. The van der Waals surface area contributed by atoms with E-state index in [0.29, 0.717) is 36.3 Å². The second-order valence-electron chi connectivity index (χ2n) is 7.50. The lowest BCUT2D eigenvalue weighted by Gasteiger charge is -2.33. The molecule has 0 N–H and O–H groups in total. The second-order valence-corrected chi connectivity index (χ2v) is 12.0. The van der Waals surface area contributed by atoms with Crippen LogP contribution in [0.2, 0.25) is 0 Å². The van der Waals surface area contributed by atoms with Crippen LogP contribution in [-0.2, 0) is 10.0 Å². The highest BCUT2D eigenvalue weighted by Crippen LogP contribution is 2.43. The Kier molecular flexibility index (Phi) is 7.43. The van der Waals surface area contributed by atoms with E-state index in [0.717, 1.165) is 5.56 Å². The number of thioether (sulfide) groups is 2. The van der Waals surface area contributed by atoms with Crippen LogP contribution in [0.4, 0.5) is 0 Å². The lowest BCUT2D eigenvalue weighted by molar-refractivity contribution is 0.0698. The molecule has 2 aromatic rings. The zero-order valence-electron chi connectivity index (χ0n) is 17.2. The quantitative estimate of drug-likeness (QED) is 0.646. The molecule has 0 saturated carbocycles. The van der Waals surface area contributed by atoms with Gasteiger partial charge in [-0.05, 0) is 47.3 Å². The fourth-order valence-electron chi connectivity index (χ4n) is 3.61. The summed E-state index contributed by atoms with van der Waals surface area (Å²) in [5, 5.41) is 1.25. The summed E-state index contributed by atoms with van der Waals surface area (Å²) in [7, 11) is -3.50. The van der Waals surface area contributed by atoms with Crippen LogP contribution in [0.15, 0.2) is 60.0 Å². The Bertz CT molecular complexity index is 1010. The summed E-state index contributed by atoms with van der Waals surface area (Å²) in [6.07, 6.45) is 2.86. The van der Waals surface area contributed by atoms with Crippen molar-refractivity contribution in [3.63, 3.8) is 0 Å². The van der Waals surface area contributed by atoms with Gasteiger partial charge in [-0.15, -0.1) is 23.5 Å². The van der Waals surface area contributed by atoms with Gasteiger partial charge in [-0.3, -0.25) is 4.79 Å². The predicted molar refractivity (Wildman–Crippen MR) is 131 cm³/mol. The van der Waals surface area contributed by atoms with Gasteiger partial charge >= 0.3 is 0 Å². The average Bonchev–Trinajstić information content (AvgIpc) is 2.84. The zero-order chi connectivity index (χ0) is 21.7. The highest BCUT2D eigenvalue weighted by atomic mass is 32.2. The van der Waals surface area contributed by atoms with Crippen LogP contribution >= 0.6 is 23.5 Å². The van der Waals surface area contributed by atoms with Crippen molar-refractivity contribution in [1.29, 1.82) is 0 Å². The first kappa shape index (κ1) is 22.5. The fourth-order valence-corrected chi connectivity index (χ4v) is 7.67. The van der Waals surface area contributed by atoms with E-state index in [-0.39, 0.29) is 5.91 Å². The minimum Gasteiger partial charge on any atom is -0.336 e. The van der Waals surface area contributed by atoms with Crippen LogP contribution in [-0.4, -0.2) is 61.2 Å². The van der Waals surface area contributed by atoms with Gasteiger partial charge < -0.3 is 4.90 Å². The molecule has 0 unspecified atom stereocenters. The molecule has 8 heteroatoms. The molecule has 2 aliphatic rings. The van der Waals surface area contributed by atoms with E-state index in [4.69, 9.17) is 0 Å². The Morgan fingerprint density at radius 2 is 1.55 bits per heavy atom. The van der Waals surface area contributed by atoms with Gasteiger partial charge in [0.05, 0.1) is 4.58 Å². The largest absolute Gasteiger partial charge is 0.336 e. The van der Waals surface area contributed by atoms with Gasteiger partial charge in [0, 0.05) is 37.2 Å². The summed E-state index contributed by atoms with van der Waals surface area (Å²) in [5.41, 5.74) is 2.76. The number of carbonyl (C=O) groups is 1. The highest BCUT2D eigenvalue weighted by molar-refractivity contribution is 8.16. The topological polar surface area (TPSA) is 57.7 Å². The van der Waals surface area contributed by atoms with Gasteiger partial charge in [-0.1, -0.05) is 42.5 Å². The van der Waals surface area contributed by atoms with Crippen LogP contribution in [0.5, 0.6) is 0 Å². The summed E-state index contributed by atoms with van der Waals surface area (Å²) < 4.78 is 27.1. The van der Waals surface area contributed by atoms with Gasteiger partial charge in [0.25, 0.3) is 5.91 Å².